The zero-order valence-electron chi connectivity index (χ0n) is 11.7. The van der Waals surface area contributed by atoms with Crippen molar-refractivity contribution in [2.75, 3.05) is 13.1 Å². The van der Waals surface area contributed by atoms with Gasteiger partial charge in [0.25, 0.3) is 0 Å². The minimum absolute atomic E-state index is 0.00256. The van der Waals surface area contributed by atoms with Crippen LogP contribution in [0.25, 0.3) is 0 Å². The van der Waals surface area contributed by atoms with Gasteiger partial charge in [0.15, 0.2) is 0 Å². The maximum Gasteiger partial charge on any atom is 0.0784 e. The van der Waals surface area contributed by atoms with E-state index in [0.29, 0.717) is 4.99 Å². The molecule has 0 saturated heterocycles. The van der Waals surface area contributed by atoms with Gasteiger partial charge in [0.1, 0.15) is 0 Å². The van der Waals surface area contributed by atoms with Crippen molar-refractivity contribution < 1.29 is 0 Å². The fraction of sp³-hybridized carbons (Fsp3) is 0.929. The molecule has 2 N–H and O–H groups in total. The van der Waals surface area contributed by atoms with Crippen molar-refractivity contribution in [3.8, 4) is 0 Å². The Morgan fingerprint density at radius 2 is 1.88 bits per heavy atom. The molecule has 2 nitrogen and oxygen atoms in total. The maximum absolute atomic E-state index is 5.79. The molecule has 0 bridgehead atoms. The van der Waals surface area contributed by atoms with Crippen LogP contribution in [0.1, 0.15) is 59.3 Å². The summed E-state index contributed by atoms with van der Waals surface area (Å²) in [6.45, 7) is 8.86. The summed E-state index contributed by atoms with van der Waals surface area (Å²) >= 11 is 5.14. The smallest absolute Gasteiger partial charge is 0.0784 e. The maximum atomic E-state index is 5.79. The summed E-state index contributed by atoms with van der Waals surface area (Å²) in [7, 11) is 0. The molecule has 1 aliphatic carbocycles. The summed E-state index contributed by atoms with van der Waals surface area (Å²) in [5, 5.41) is 0. The van der Waals surface area contributed by atoms with E-state index in [0.717, 1.165) is 25.6 Å². The predicted molar refractivity (Wildman–Crippen MR) is 79.3 cm³/mol. The van der Waals surface area contributed by atoms with E-state index in [2.05, 4.69) is 25.7 Å². The zero-order chi connectivity index (χ0) is 12.9. The number of thiocarbonyl (C=S) groups is 1. The van der Waals surface area contributed by atoms with Crippen LogP contribution in [0.4, 0.5) is 0 Å². The van der Waals surface area contributed by atoms with Gasteiger partial charge < -0.3 is 10.6 Å². The normalized spacial score (nSPS) is 18.6. The monoisotopic (exact) mass is 256 g/mol. The van der Waals surface area contributed by atoms with Crippen molar-refractivity contribution in [2.24, 2.45) is 11.1 Å². The predicted octanol–water partition coefficient (Wildman–Crippen LogP) is 3.34. The van der Waals surface area contributed by atoms with E-state index in [-0.39, 0.29) is 5.41 Å². The SMILES string of the molecule is CCN(CCC(C)(C)C(N)=S)C1CCCCC1. The highest BCUT2D eigenvalue weighted by Gasteiger charge is 2.25. The minimum Gasteiger partial charge on any atom is -0.393 e. The van der Waals surface area contributed by atoms with Gasteiger partial charge in [-0.1, -0.05) is 52.3 Å². The summed E-state index contributed by atoms with van der Waals surface area (Å²) in [6, 6.07) is 0.802. The lowest BCUT2D eigenvalue weighted by atomic mass is 9.88. The summed E-state index contributed by atoms with van der Waals surface area (Å²) < 4.78 is 0. The number of hydrogen-bond donors (Lipinski definition) is 1. The minimum atomic E-state index is -0.00256. The Morgan fingerprint density at radius 3 is 2.35 bits per heavy atom. The molecule has 1 fully saturated rings. The molecular weight excluding hydrogens is 228 g/mol. The van der Waals surface area contributed by atoms with Crippen LogP contribution in [-0.4, -0.2) is 29.0 Å². The van der Waals surface area contributed by atoms with Crippen molar-refractivity contribution in [3.63, 3.8) is 0 Å². The molecule has 0 spiro atoms. The van der Waals surface area contributed by atoms with Gasteiger partial charge in [-0.3, -0.25) is 0 Å². The van der Waals surface area contributed by atoms with Crippen LogP contribution >= 0.6 is 12.2 Å². The van der Waals surface area contributed by atoms with Crippen molar-refractivity contribution in [2.45, 2.75) is 65.3 Å². The molecular formula is C14H28N2S. The van der Waals surface area contributed by atoms with Crippen LogP contribution in [0.3, 0.4) is 0 Å². The topological polar surface area (TPSA) is 29.3 Å². The Balaban J connectivity index is 2.43. The van der Waals surface area contributed by atoms with Crippen LogP contribution in [0.2, 0.25) is 0 Å². The fourth-order valence-corrected chi connectivity index (χ4v) is 2.69. The first-order valence-electron chi connectivity index (χ1n) is 7.01. The van der Waals surface area contributed by atoms with Crippen molar-refractivity contribution in [1.29, 1.82) is 0 Å². The molecule has 0 aromatic heterocycles. The number of nitrogens with two attached hydrogens (primary N) is 1. The third-order valence-electron chi connectivity index (χ3n) is 4.19. The Labute approximate surface area is 112 Å². The van der Waals surface area contributed by atoms with Crippen LogP contribution in [0.15, 0.2) is 0 Å². The second kappa shape index (κ2) is 6.69. The Hall–Kier alpha value is -0.150. The number of rotatable bonds is 6. The molecule has 1 rings (SSSR count). The fourth-order valence-electron chi connectivity index (χ4n) is 2.59. The molecule has 17 heavy (non-hydrogen) atoms. The number of hydrogen-bond acceptors (Lipinski definition) is 2. The van der Waals surface area contributed by atoms with Crippen molar-refractivity contribution in [3.05, 3.63) is 0 Å². The Morgan fingerprint density at radius 1 is 1.29 bits per heavy atom. The lowest BCUT2D eigenvalue weighted by Gasteiger charge is -2.35. The van der Waals surface area contributed by atoms with E-state index in [4.69, 9.17) is 18.0 Å². The lowest BCUT2D eigenvalue weighted by Crippen LogP contribution is -2.40. The summed E-state index contributed by atoms with van der Waals surface area (Å²) in [6.07, 6.45) is 8.06. The van der Waals surface area contributed by atoms with Crippen molar-refractivity contribution in [1.82, 2.24) is 4.90 Å². The molecule has 3 heteroatoms. The molecule has 0 unspecified atom stereocenters. The standard InChI is InChI=1S/C14H28N2S/c1-4-16(12-8-6-5-7-9-12)11-10-14(2,3)13(15)17/h12H,4-11H2,1-3H3,(H2,15,17). The highest BCUT2D eigenvalue weighted by molar-refractivity contribution is 7.80. The summed E-state index contributed by atoms with van der Waals surface area (Å²) in [4.78, 5) is 3.27. The highest BCUT2D eigenvalue weighted by atomic mass is 32.1. The average Bonchev–Trinajstić information content (AvgIpc) is 2.31. The van der Waals surface area contributed by atoms with Gasteiger partial charge >= 0.3 is 0 Å². The van der Waals surface area contributed by atoms with Gasteiger partial charge in [-0.25, -0.2) is 0 Å². The molecule has 1 saturated carbocycles. The third kappa shape index (κ3) is 4.55. The third-order valence-corrected chi connectivity index (χ3v) is 4.74. The van der Waals surface area contributed by atoms with Crippen LogP contribution < -0.4 is 5.73 Å². The largest absolute Gasteiger partial charge is 0.393 e. The van der Waals surface area contributed by atoms with E-state index in [1.807, 2.05) is 0 Å². The molecule has 0 aromatic carbocycles. The molecule has 0 amide bonds. The molecule has 0 heterocycles. The van der Waals surface area contributed by atoms with Crippen LogP contribution in [0, 0.1) is 5.41 Å². The van der Waals surface area contributed by atoms with Gasteiger partial charge in [-0.05, 0) is 32.4 Å². The highest BCUT2D eigenvalue weighted by Crippen LogP contribution is 2.26. The lowest BCUT2D eigenvalue weighted by molar-refractivity contribution is 0.151. The van der Waals surface area contributed by atoms with Gasteiger partial charge in [0.2, 0.25) is 0 Å². The van der Waals surface area contributed by atoms with Gasteiger partial charge in [-0.2, -0.15) is 0 Å². The quantitative estimate of drug-likeness (QED) is 0.739. The molecule has 1 aliphatic rings. The second-order valence-corrected chi connectivity index (χ2v) is 6.36. The Kier molecular flexibility index (Phi) is 5.87. The van der Waals surface area contributed by atoms with Gasteiger partial charge in [0.05, 0.1) is 4.99 Å². The molecule has 0 radical (unpaired) electrons. The molecule has 0 aromatic rings. The van der Waals surface area contributed by atoms with E-state index >= 15 is 0 Å². The van der Waals surface area contributed by atoms with Crippen LogP contribution in [0.5, 0.6) is 0 Å². The first kappa shape index (κ1) is 14.9. The van der Waals surface area contributed by atoms with E-state index in [1.54, 1.807) is 0 Å². The molecule has 0 aliphatic heterocycles. The van der Waals surface area contributed by atoms with E-state index in [9.17, 15) is 0 Å². The van der Waals surface area contributed by atoms with E-state index in [1.165, 1.54) is 32.1 Å². The van der Waals surface area contributed by atoms with Crippen LogP contribution in [-0.2, 0) is 0 Å². The Bertz CT molecular complexity index is 245. The summed E-state index contributed by atoms with van der Waals surface area (Å²) in [5.41, 5.74) is 5.79. The first-order chi connectivity index (χ1) is 7.97. The first-order valence-corrected chi connectivity index (χ1v) is 7.42. The van der Waals surface area contributed by atoms with E-state index < -0.39 is 0 Å². The van der Waals surface area contributed by atoms with Crippen molar-refractivity contribution >= 4 is 17.2 Å². The second-order valence-electron chi connectivity index (χ2n) is 5.92. The summed E-state index contributed by atoms with van der Waals surface area (Å²) in [5.74, 6) is 0. The number of nitrogens with zero attached hydrogens (tertiary/aromatic N) is 1. The van der Waals surface area contributed by atoms with Gasteiger partial charge in [-0.15, -0.1) is 0 Å². The zero-order valence-corrected chi connectivity index (χ0v) is 12.5. The molecule has 100 valence electrons. The average molecular weight is 256 g/mol. The molecule has 0 atom stereocenters. The van der Waals surface area contributed by atoms with Gasteiger partial charge in [0, 0.05) is 11.5 Å².